The van der Waals surface area contributed by atoms with Gasteiger partial charge in [0.25, 0.3) is 0 Å². The molecule has 0 fully saturated rings. The minimum atomic E-state index is -0.446. The Morgan fingerprint density at radius 1 is 1.27 bits per heavy atom. The van der Waals surface area contributed by atoms with Gasteiger partial charge < -0.3 is 24.8 Å². The lowest BCUT2D eigenvalue weighted by molar-refractivity contribution is -0.121. The molecule has 2 N–H and O–H groups in total. The maximum absolute atomic E-state index is 12.4. The Morgan fingerprint density at radius 3 is 2.81 bits per heavy atom. The molecule has 1 heterocycles. The first-order chi connectivity index (χ1) is 12.5. The van der Waals surface area contributed by atoms with E-state index in [1.807, 2.05) is 31.2 Å². The van der Waals surface area contributed by atoms with Crippen LogP contribution in [0.1, 0.15) is 18.1 Å². The maximum Gasteiger partial charge on any atom is 0.242 e. The summed E-state index contributed by atoms with van der Waals surface area (Å²) in [6, 6.07) is 8.76. The SMILES string of the molecule is COc1cc(Cl)c(C)cc1N[C@H](C)C(=O)NCc1ccc2c(c1)OCO2. The summed E-state index contributed by atoms with van der Waals surface area (Å²) in [6.07, 6.45) is 0. The van der Waals surface area contributed by atoms with Crippen molar-refractivity contribution >= 4 is 23.2 Å². The number of amides is 1. The number of benzene rings is 2. The molecular formula is C19H21ClN2O4. The first-order valence-corrected chi connectivity index (χ1v) is 8.62. The zero-order valence-electron chi connectivity index (χ0n) is 14.9. The van der Waals surface area contributed by atoms with Gasteiger partial charge in [0.2, 0.25) is 12.7 Å². The fourth-order valence-electron chi connectivity index (χ4n) is 2.64. The van der Waals surface area contributed by atoms with Crippen LogP contribution in [-0.4, -0.2) is 25.9 Å². The molecule has 2 aromatic rings. The number of fused-ring (bicyclic) bond motifs is 1. The van der Waals surface area contributed by atoms with Gasteiger partial charge in [0.1, 0.15) is 11.8 Å². The van der Waals surface area contributed by atoms with Crippen molar-refractivity contribution in [1.29, 1.82) is 0 Å². The summed E-state index contributed by atoms with van der Waals surface area (Å²) in [5.74, 6) is 1.89. The highest BCUT2D eigenvalue weighted by Crippen LogP contribution is 2.33. The van der Waals surface area contributed by atoms with Crippen LogP contribution in [0.25, 0.3) is 0 Å². The van der Waals surface area contributed by atoms with Crippen LogP contribution >= 0.6 is 11.6 Å². The Kier molecular flexibility index (Phi) is 5.42. The minimum Gasteiger partial charge on any atom is -0.495 e. The lowest BCUT2D eigenvalue weighted by Crippen LogP contribution is -2.37. The summed E-state index contributed by atoms with van der Waals surface area (Å²) >= 11 is 6.12. The number of carbonyl (C=O) groups is 1. The minimum absolute atomic E-state index is 0.127. The number of hydrogen-bond acceptors (Lipinski definition) is 5. The van der Waals surface area contributed by atoms with E-state index in [-0.39, 0.29) is 12.7 Å². The van der Waals surface area contributed by atoms with Crippen LogP contribution in [0.5, 0.6) is 17.2 Å². The van der Waals surface area contributed by atoms with Crippen molar-refractivity contribution in [1.82, 2.24) is 5.32 Å². The average molecular weight is 377 g/mol. The van der Waals surface area contributed by atoms with Gasteiger partial charge in [0.05, 0.1) is 12.8 Å². The first kappa shape index (κ1) is 18.2. The predicted octanol–water partition coefficient (Wildman–Crippen LogP) is 3.50. The molecule has 2 aromatic carbocycles. The van der Waals surface area contributed by atoms with Crippen LogP contribution in [0.4, 0.5) is 5.69 Å². The molecule has 1 aliphatic rings. The third kappa shape index (κ3) is 3.96. The third-order valence-corrected chi connectivity index (χ3v) is 4.56. The predicted molar refractivity (Wildman–Crippen MR) is 100 cm³/mol. The summed E-state index contributed by atoms with van der Waals surface area (Å²) < 4.78 is 16.0. The lowest BCUT2D eigenvalue weighted by Gasteiger charge is -2.18. The lowest BCUT2D eigenvalue weighted by atomic mass is 10.1. The molecule has 0 saturated heterocycles. The number of hydrogen-bond donors (Lipinski definition) is 2. The van der Waals surface area contributed by atoms with Gasteiger partial charge in [-0.2, -0.15) is 0 Å². The summed E-state index contributed by atoms with van der Waals surface area (Å²) in [5, 5.41) is 6.69. The zero-order chi connectivity index (χ0) is 18.7. The van der Waals surface area contributed by atoms with Gasteiger partial charge in [-0.15, -0.1) is 0 Å². The molecule has 1 aliphatic heterocycles. The van der Waals surface area contributed by atoms with Crippen molar-refractivity contribution in [2.45, 2.75) is 26.4 Å². The molecule has 1 atom stereocenters. The van der Waals surface area contributed by atoms with Gasteiger partial charge in [-0.3, -0.25) is 4.79 Å². The summed E-state index contributed by atoms with van der Waals surface area (Å²) in [5.41, 5.74) is 2.57. The van der Waals surface area contributed by atoms with E-state index in [1.165, 1.54) is 0 Å². The van der Waals surface area contributed by atoms with Crippen LogP contribution in [0.3, 0.4) is 0 Å². The number of anilines is 1. The van der Waals surface area contributed by atoms with Crippen LogP contribution in [-0.2, 0) is 11.3 Å². The van der Waals surface area contributed by atoms with Gasteiger partial charge in [0.15, 0.2) is 11.5 Å². The van der Waals surface area contributed by atoms with E-state index in [4.69, 9.17) is 25.8 Å². The molecule has 26 heavy (non-hydrogen) atoms. The van der Waals surface area contributed by atoms with Crippen LogP contribution in [0, 0.1) is 6.92 Å². The standard InChI is InChI=1S/C19H21ClN2O4/c1-11-6-15(17(24-3)8-14(11)20)22-12(2)19(23)21-9-13-4-5-16-18(7-13)26-10-25-16/h4-8,12,22H,9-10H2,1-3H3,(H,21,23)/t12-/m1/s1. The number of methoxy groups -OCH3 is 1. The summed E-state index contributed by atoms with van der Waals surface area (Å²) in [7, 11) is 1.57. The average Bonchev–Trinajstić information content (AvgIpc) is 3.10. The molecule has 138 valence electrons. The molecule has 0 bridgehead atoms. The van der Waals surface area contributed by atoms with E-state index in [0.717, 1.165) is 22.6 Å². The Morgan fingerprint density at radius 2 is 2.04 bits per heavy atom. The van der Waals surface area contributed by atoms with Crippen LogP contribution in [0.15, 0.2) is 30.3 Å². The molecule has 7 heteroatoms. The second kappa shape index (κ2) is 7.74. The van der Waals surface area contributed by atoms with Gasteiger partial charge in [-0.05, 0) is 43.2 Å². The van der Waals surface area contributed by atoms with E-state index in [0.29, 0.717) is 23.1 Å². The Hall–Kier alpha value is -2.60. The molecule has 0 aliphatic carbocycles. The Balaban J connectivity index is 1.61. The zero-order valence-corrected chi connectivity index (χ0v) is 15.6. The number of halogens is 1. The Labute approximate surface area is 157 Å². The molecule has 0 aromatic heterocycles. The number of aryl methyl sites for hydroxylation is 1. The van der Waals surface area contributed by atoms with Gasteiger partial charge in [-0.1, -0.05) is 17.7 Å². The van der Waals surface area contributed by atoms with Crippen molar-refractivity contribution in [3.63, 3.8) is 0 Å². The van der Waals surface area contributed by atoms with E-state index < -0.39 is 6.04 Å². The second-order valence-corrected chi connectivity index (χ2v) is 6.48. The second-order valence-electron chi connectivity index (χ2n) is 6.07. The monoisotopic (exact) mass is 376 g/mol. The number of nitrogens with one attached hydrogen (secondary N) is 2. The van der Waals surface area contributed by atoms with Crippen LogP contribution < -0.4 is 24.8 Å². The third-order valence-electron chi connectivity index (χ3n) is 4.15. The highest BCUT2D eigenvalue weighted by Gasteiger charge is 2.17. The van der Waals surface area contributed by atoms with Crippen molar-refractivity contribution in [2.24, 2.45) is 0 Å². The summed E-state index contributed by atoms with van der Waals surface area (Å²) in [4.78, 5) is 12.4. The highest BCUT2D eigenvalue weighted by atomic mass is 35.5. The largest absolute Gasteiger partial charge is 0.495 e. The van der Waals surface area contributed by atoms with Gasteiger partial charge in [-0.25, -0.2) is 0 Å². The van der Waals surface area contributed by atoms with Gasteiger partial charge >= 0.3 is 0 Å². The molecule has 0 unspecified atom stereocenters. The number of ether oxygens (including phenoxy) is 3. The molecular weight excluding hydrogens is 356 g/mol. The van der Waals surface area contributed by atoms with E-state index in [1.54, 1.807) is 20.1 Å². The fourth-order valence-corrected chi connectivity index (χ4v) is 2.79. The molecule has 0 radical (unpaired) electrons. The smallest absolute Gasteiger partial charge is 0.242 e. The van der Waals surface area contributed by atoms with Crippen molar-refractivity contribution < 1.29 is 19.0 Å². The first-order valence-electron chi connectivity index (χ1n) is 8.25. The van der Waals surface area contributed by atoms with E-state index in [2.05, 4.69) is 10.6 Å². The normalized spacial score (nSPS) is 13.2. The fraction of sp³-hybridized carbons (Fsp3) is 0.316. The molecule has 6 nitrogen and oxygen atoms in total. The van der Waals surface area contributed by atoms with Crippen molar-refractivity contribution in [3.05, 3.63) is 46.5 Å². The number of carbonyl (C=O) groups excluding carboxylic acids is 1. The van der Waals surface area contributed by atoms with Crippen molar-refractivity contribution in [2.75, 3.05) is 19.2 Å². The highest BCUT2D eigenvalue weighted by molar-refractivity contribution is 6.31. The number of rotatable bonds is 6. The molecule has 0 saturated carbocycles. The summed E-state index contributed by atoms with van der Waals surface area (Å²) in [6.45, 7) is 4.32. The van der Waals surface area contributed by atoms with Crippen LogP contribution in [0.2, 0.25) is 5.02 Å². The van der Waals surface area contributed by atoms with E-state index >= 15 is 0 Å². The van der Waals surface area contributed by atoms with Gasteiger partial charge in [0, 0.05) is 17.6 Å². The van der Waals surface area contributed by atoms with E-state index in [9.17, 15) is 4.79 Å². The quantitative estimate of drug-likeness (QED) is 0.807. The maximum atomic E-state index is 12.4. The molecule has 1 amide bonds. The van der Waals surface area contributed by atoms with Crippen molar-refractivity contribution in [3.8, 4) is 17.2 Å². The molecule has 3 rings (SSSR count). The Bertz CT molecular complexity index is 825. The topological polar surface area (TPSA) is 68.8 Å². The molecule has 0 spiro atoms.